The van der Waals surface area contributed by atoms with E-state index in [-0.39, 0.29) is 31.6 Å². The summed E-state index contributed by atoms with van der Waals surface area (Å²) in [7, 11) is 0. The van der Waals surface area contributed by atoms with Crippen LogP contribution in [0.5, 0.6) is 0 Å². The summed E-state index contributed by atoms with van der Waals surface area (Å²) in [6.07, 6.45) is 48.9. The Balaban J connectivity index is 3.78. The average molecular weight is 623 g/mol. The Morgan fingerprint density at radius 1 is 0.533 bits per heavy atom. The summed E-state index contributed by atoms with van der Waals surface area (Å²) < 4.78 is 10.5. The van der Waals surface area contributed by atoms with Crippen LogP contribution in [0.3, 0.4) is 0 Å². The third kappa shape index (κ3) is 33.5. The molecule has 0 aliphatic heterocycles. The van der Waals surface area contributed by atoms with E-state index in [1.807, 2.05) is 54.7 Å². The molecule has 0 fully saturated rings. The normalized spacial score (nSPS) is 13.4. The van der Waals surface area contributed by atoms with Crippen molar-refractivity contribution in [3.05, 3.63) is 97.2 Å². The van der Waals surface area contributed by atoms with Crippen molar-refractivity contribution in [2.75, 3.05) is 13.2 Å². The number of unbranched alkanes of at least 4 members (excludes halogenated alkanes) is 11. The maximum absolute atomic E-state index is 12.1. The first-order valence-corrected chi connectivity index (χ1v) is 17.4. The van der Waals surface area contributed by atoms with Gasteiger partial charge in [-0.2, -0.15) is 0 Å². The highest BCUT2D eigenvalue weighted by atomic mass is 16.6. The average Bonchev–Trinajstić information content (AvgIpc) is 3.04. The second kappa shape index (κ2) is 35.3. The summed E-state index contributed by atoms with van der Waals surface area (Å²) in [6.45, 7) is 3.86. The molecule has 0 amide bonds. The monoisotopic (exact) mass is 622 g/mol. The molecule has 0 aromatic rings. The fourth-order valence-corrected chi connectivity index (χ4v) is 4.17. The van der Waals surface area contributed by atoms with E-state index in [1.165, 1.54) is 38.5 Å². The summed E-state index contributed by atoms with van der Waals surface area (Å²) >= 11 is 0. The van der Waals surface area contributed by atoms with E-state index in [0.717, 1.165) is 51.4 Å². The van der Waals surface area contributed by atoms with Gasteiger partial charge in [-0.3, -0.25) is 9.59 Å². The molecule has 0 saturated heterocycles. The Morgan fingerprint density at radius 3 is 1.51 bits per heavy atom. The van der Waals surface area contributed by atoms with E-state index in [0.29, 0.717) is 12.8 Å². The van der Waals surface area contributed by atoms with Crippen LogP contribution in [-0.2, 0) is 19.1 Å². The van der Waals surface area contributed by atoms with E-state index in [9.17, 15) is 14.7 Å². The van der Waals surface area contributed by atoms with Crippen LogP contribution in [0.25, 0.3) is 0 Å². The number of carbonyl (C=O) groups excluding carboxylic acids is 2. The fraction of sp³-hybridized carbons (Fsp3) is 0.550. The number of rotatable bonds is 29. The van der Waals surface area contributed by atoms with Crippen LogP contribution < -0.4 is 0 Å². The van der Waals surface area contributed by atoms with Crippen molar-refractivity contribution >= 4 is 11.9 Å². The lowest BCUT2D eigenvalue weighted by molar-refractivity contribution is -0.161. The predicted octanol–water partition coefficient (Wildman–Crippen LogP) is 10.6. The third-order valence-electron chi connectivity index (χ3n) is 6.80. The van der Waals surface area contributed by atoms with E-state index >= 15 is 0 Å². The molecule has 45 heavy (non-hydrogen) atoms. The molecule has 0 heterocycles. The molecule has 5 nitrogen and oxygen atoms in total. The first-order valence-electron chi connectivity index (χ1n) is 17.4. The van der Waals surface area contributed by atoms with Crippen LogP contribution in [-0.4, -0.2) is 36.4 Å². The van der Waals surface area contributed by atoms with Crippen LogP contribution >= 0.6 is 0 Å². The molecule has 0 radical (unpaired) electrons. The number of esters is 2. The largest absolute Gasteiger partial charge is 0.462 e. The molecular formula is C40H62O5. The van der Waals surface area contributed by atoms with Gasteiger partial charge in [-0.25, -0.2) is 0 Å². The lowest BCUT2D eigenvalue weighted by atomic mass is 10.1. The highest BCUT2D eigenvalue weighted by Gasteiger charge is 2.15. The van der Waals surface area contributed by atoms with Crippen molar-refractivity contribution in [1.29, 1.82) is 0 Å². The van der Waals surface area contributed by atoms with Gasteiger partial charge in [-0.15, -0.1) is 0 Å². The quantitative estimate of drug-likeness (QED) is 0.0510. The van der Waals surface area contributed by atoms with Gasteiger partial charge < -0.3 is 14.6 Å². The highest BCUT2D eigenvalue weighted by molar-refractivity contribution is 5.70. The van der Waals surface area contributed by atoms with Crippen molar-refractivity contribution in [3.63, 3.8) is 0 Å². The Kier molecular flexibility index (Phi) is 32.8. The molecule has 1 N–H and O–H groups in total. The zero-order valence-electron chi connectivity index (χ0n) is 28.3. The van der Waals surface area contributed by atoms with Crippen molar-refractivity contribution in [2.45, 2.75) is 129 Å². The van der Waals surface area contributed by atoms with Gasteiger partial charge in [0.05, 0.1) is 6.61 Å². The van der Waals surface area contributed by atoms with Crippen LogP contribution in [0, 0.1) is 0 Å². The van der Waals surface area contributed by atoms with Crippen LogP contribution in [0.4, 0.5) is 0 Å². The van der Waals surface area contributed by atoms with Gasteiger partial charge in [0.1, 0.15) is 6.61 Å². The van der Waals surface area contributed by atoms with E-state index < -0.39 is 6.10 Å². The topological polar surface area (TPSA) is 72.8 Å². The molecule has 0 aromatic carbocycles. The number of allylic oxidation sites excluding steroid dienone is 16. The number of aliphatic hydroxyl groups is 1. The molecule has 0 spiro atoms. The zero-order chi connectivity index (χ0) is 32.9. The Bertz CT molecular complexity index is 932. The van der Waals surface area contributed by atoms with Crippen LogP contribution in [0.2, 0.25) is 0 Å². The molecule has 0 bridgehead atoms. The van der Waals surface area contributed by atoms with E-state index in [2.05, 4.69) is 56.4 Å². The van der Waals surface area contributed by atoms with Crippen LogP contribution in [0.15, 0.2) is 97.2 Å². The minimum Gasteiger partial charge on any atom is -0.462 e. The smallest absolute Gasteiger partial charge is 0.306 e. The third-order valence-corrected chi connectivity index (χ3v) is 6.80. The van der Waals surface area contributed by atoms with Gasteiger partial charge in [0, 0.05) is 12.8 Å². The number of hydrogen-bond acceptors (Lipinski definition) is 5. The second-order valence-electron chi connectivity index (χ2n) is 11.0. The molecule has 1 atom stereocenters. The maximum Gasteiger partial charge on any atom is 0.306 e. The number of carbonyl (C=O) groups is 2. The van der Waals surface area contributed by atoms with Crippen molar-refractivity contribution in [1.82, 2.24) is 0 Å². The van der Waals surface area contributed by atoms with Gasteiger partial charge in [-0.1, -0.05) is 156 Å². The molecule has 1 unspecified atom stereocenters. The first-order chi connectivity index (χ1) is 22.1. The summed E-state index contributed by atoms with van der Waals surface area (Å²) in [5.74, 6) is -0.714. The van der Waals surface area contributed by atoms with Crippen molar-refractivity contribution in [2.24, 2.45) is 0 Å². The number of ether oxygens (including phenoxy) is 2. The van der Waals surface area contributed by atoms with Gasteiger partial charge in [0.2, 0.25) is 0 Å². The predicted molar refractivity (Wildman–Crippen MR) is 191 cm³/mol. The lowest BCUT2D eigenvalue weighted by Crippen LogP contribution is -2.28. The molecule has 0 aromatic heterocycles. The van der Waals surface area contributed by atoms with E-state index in [1.54, 1.807) is 0 Å². The molecule has 5 heteroatoms. The van der Waals surface area contributed by atoms with Crippen molar-refractivity contribution < 1.29 is 24.2 Å². The summed E-state index contributed by atoms with van der Waals surface area (Å²) in [5, 5.41) is 9.51. The Morgan fingerprint density at radius 2 is 0.978 bits per heavy atom. The summed E-state index contributed by atoms with van der Waals surface area (Å²) in [5.41, 5.74) is 0. The summed E-state index contributed by atoms with van der Waals surface area (Å²) in [6, 6.07) is 0. The zero-order valence-corrected chi connectivity index (χ0v) is 28.3. The maximum atomic E-state index is 12.1. The molecule has 0 aliphatic rings. The molecule has 0 aliphatic carbocycles. The Hall–Kier alpha value is -3.18. The second-order valence-corrected chi connectivity index (χ2v) is 11.0. The van der Waals surface area contributed by atoms with Gasteiger partial charge in [-0.05, 0) is 51.4 Å². The number of hydrogen-bond donors (Lipinski definition) is 1. The first kappa shape index (κ1) is 41.8. The fourth-order valence-electron chi connectivity index (χ4n) is 4.17. The summed E-state index contributed by atoms with van der Waals surface area (Å²) in [4.78, 5) is 24.1. The van der Waals surface area contributed by atoms with Gasteiger partial charge in [0.25, 0.3) is 0 Å². The van der Waals surface area contributed by atoms with E-state index in [4.69, 9.17) is 9.47 Å². The van der Waals surface area contributed by atoms with Crippen LogP contribution in [0.1, 0.15) is 123 Å². The Labute approximate surface area is 275 Å². The molecular weight excluding hydrogens is 560 g/mol. The number of aliphatic hydroxyl groups excluding tert-OH is 1. The van der Waals surface area contributed by atoms with Gasteiger partial charge >= 0.3 is 11.9 Å². The SMILES string of the molecule is CC/C=C/C=C/C=C/C=C/C=C/CCCC(=O)OCC(CO)OC(=O)CCCCCCC/C=C/C=C/C=C/CCCCCCC. The lowest BCUT2D eigenvalue weighted by Gasteiger charge is -2.15. The van der Waals surface area contributed by atoms with Gasteiger partial charge in [0.15, 0.2) is 6.10 Å². The minimum absolute atomic E-state index is 0.118. The minimum atomic E-state index is -0.816. The molecule has 252 valence electrons. The molecule has 0 saturated carbocycles. The highest BCUT2D eigenvalue weighted by Crippen LogP contribution is 2.10. The molecule has 0 rings (SSSR count). The standard InChI is InChI=1S/C40H62O5/c1-3-5-7-9-11-13-15-17-18-19-20-21-23-25-27-29-31-33-35-40(43)45-38(36-41)37-44-39(42)34-32-30-28-26-24-22-16-14-12-10-8-6-4-2/h6,8,10,12,14-22,24,26,28,38,41H,3-5,7,9,11,13,23,25,27,29-37H2,1-2H3/b8-6+,12-10+,16-14+,17-15+,19-18+,21-20+,24-22+,28-26+. The van der Waals surface area contributed by atoms with Crippen molar-refractivity contribution in [3.8, 4) is 0 Å².